The van der Waals surface area contributed by atoms with Crippen LogP contribution in [0.25, 0.3) is 0 Å². The molecule has 0 rings (SSSR count). The molecular weight excluding hydrogens is 218 g/mol. The second kappa shape index (κ2) is 7.82. The summed E-state index contributed by atoms with van der Waals surface area (Å²) >= 11 is 0. The number of nitrogens with one attached hydrogen (secondary N) is 2. The number of ether oxygens (including phenoxy) is 1. The molecule has 0 saturated carbocycles. The molecule has 1 unspecified atom stereocenters. The van der Waals surface area contributed by atoms with Crippen molar-refractivity contribution in [2.75, 3.05) is 13.7 Å². The Hall–Kier alpha value is -1.42. The quantitative estimate of drug-likeness (QED) is 0.107. The number of nitrogens with two attached hydrogens (primary N) is 2. The highest BCUT2D eigenvalue weighted by atomic mass is 16.8. The van der Waals surface area contributed by atoms with Crippen LogP contribution in [0.15, 0.2) is 4.99 Å². The molecule has 16 heavy (non-hydrogen) atoms. The van der Waals surface area contributed by atoms with E-state index in [-0.39, 0.29) is 12.5 Å². The van der Waals surface area contributed by atoms with Gasteiger partial charge in [-0.25, -0.2) is 4.99 Å². The number of hydrogen-bond donors (Lipinski definition) is 5. The van der Waals surface area contributed by atoms with Crippen LogP contribution in [-0.4, -0.2) is 36.8 Å². The summed E-state index contributed by atoms with van der Waals surface area (Å²) in [5.74, 6) is -0.667. The Balaban J connectivity index is 3.70. The Bertz CT molecular complexity index is 245. The average molecular weight is 235 g/mol. The highest BCUT2D eigenvalue weighted by Gasteiger charge is 2.12. The Morgan fingerprint density at radius 3 is 2.88 bits per heavy atom. The highest BCUT2D eigenvalue weighted by molar-refractivity contribution is 5.76. The fourth-order valence-electron chi connectivity index (χ4n) is 0.929. The molecular formula is C7H17N5O4. The normalized spacial score (nSPS) is 15.4. The van der Waals surface area contributed by atoms with Gasteiger partial charge in [-0.3, -0.25) is 4.79 Å². The number of carbonyl (C=O) groups is 1. The predicted octanol–water partition coefficient (Wildman–Crippen LogP) is -3.14. The minimum absolute atomic E-state index is 0.181. The van der Waals surface area contributed by atoms with Crippen molar-refractivity contribution in [2.24, 2.45) is 16.5 Å². The molecule has 0 radical (unpaired) electrons. The van der Waals surface area contributed by atoms with E-state index < -0.39 is 17.3 Å². The second-order valence-electron chi connectivity index (χ2n) is 2.97. The van der Waals surface area contributed by atoms with Gasteiger partial charge in [0, 0.05) is 6.54 Å². The van der Waals surface area contributed by atoms with Crippen LogP contribution < -0.4 is 22.2 Å². The van der Waals surface area contributed by atoms with Gasteiger partial charge in [0.2, 0.25) is 5.96 Å². The maximum Gasteiger partial charge on any atom is 0.322 e. The van der Waals surface area contributed by atoms with Crippen molar-refractivity contribution < 1.29 is 20.1 Å². The van der Waals surface area contributed by atoms with Crippen molar-refractivity contribution in [1.82, 2.24) is 5.43 Å². The molecule has 7 N–H and O–H groups in total. The summed E-state index contributed by atoms with van der Waals surface area (Å²) in [6.07, 6.45) is 0.911. The Labute approximate surface area is 92.6 Å². The minimum atomic E-state index is -1.27. The third-order valence-corrected chi connectivity index (χ3v) is 1.69. The van der Waals surface area contributed by atoms with Crippen molar-refractivity contribution in [2.45, 2.75) is 18.9 Å². The topological polar surface area (TPSA) is 150 Å². The van der Waals surface area contributed by atoms with Gasteiger partial charge in [-0.1, -0.05) is 0 Å². The standard InChI is InChI=1S/C7H17N5O4/c1-16-6(13)5(8)3-2-4-10-7(9)11-12(14)15/h5,12,14H,2-4,8H2,1H3,(H3,9,10,11)/t5-/m0/s1. The van der Waals surface area contributed by atoms with E-state index in [1.54, 1.807) is 0 Å². The third kappa shape index (κ3) is 6.95. The SMILES string of the molecule is COC(=O)[C@@H](N)CCCN=C(N)N[NH+]([O-])O. The van der Waals surface area contributed by atoms with Gasteiger partial charge in [0.05, 0.1) is 7.11 Å². The second-order valence-corrected chi connectivity index (χ2v) is 2.97. The summed E-state index contributed by atoms with van der Waals surface area (Å²) in [7, 11) is 1.26. The van der Waals surface area contributed by atoms with Crippen LogP contribution in [0, 0.1) is 5.21 Å². The lowest BCUT2D eigenvalue weighted by Crippen LogP contribution is -3.13. The van der Waals surface area contributed by atoms with E-state index in [0.29, 0.717) is 12.8 Å². The maximum absolute atomic E-state index is 10.9. The van der Waals surface area contributed by atoms with Gasteiger partial charge in [0.1, 0.15) is 6.04 Å². The van der Waals surface area contributed by atoms with Gasteiger partial charge in [0.15, 0.2) is 0 Å². The zero-order chi connectivity index (χ0) is 12.6. The van der Waals surface area contributed by atoms with Crippen molar-refractivity contribution in [3.63, 3.8) is 0 Å². The summed E-state index contributed by atoms with van der Waals surface area (Å²) in [6.45, 7) is 0.288. The number of hydrogen-bond acceptors (Lipinski definition) is 6. The molecule has 0 aliphatic heterocycles. The third-order valence-electron chi connectivity index (χ3n) is 1.69. The molecule has 0 aliphatic carbocycles. The van der Waals surface area contributed by atoms with Crippen LogP contribution >= 0.6 is 0 Å². The summed E-state index contributed by atoms with van der Waals surface area (Å²) < 4.78 is 4.43. The molecule has 2 atom stereocenters. The number of esters is 1. The highest BCUT2D eigenvalue weighted by Crippen LogP contribution is 1.96. The van der Waals surface area contributed by atoms with Crippen LogP contribution in [0.1, 0.15) is 12.8 Å². The predicted molar refractivity (Wildman–Crippen MR) is 55.0 cm³/mol. The molecule has 0 amide bonds. The van der Waals surface area contributed by atoms with Crippen LogP contribution in [0.2, 0.25) is 0 Å². The van der Waals surface area contributed by atoms with E-state index in [4.69, 9.17) is 16.7 Å². The Kier molecular flexibility index (Phi) is 7.12. The molecule has 0 aromatic carbocycles. The lowest BCUT2D eigenvalue weighted by molar-refractivity contribution is -1.08. The van der Waals surface area contributed by atoms with Crippen LogP contribution in [-0.2, 0) is 9.53 Å². The summed E-state index contributed by atoms with van der Waals surface area (Å²) in [5.41, 5.74) is 12.6. The lowest BCUT2D eigenvalue weighted by Gasteiger charge is -2.12. The number of rotatable bonds is 6. The van der Waals surface area contributed by atoms with Gasteiger partial charge in [-0.15, -0.1) is 5.34 Å². The Morgan fingerprint density at radius 2 is 2.38 bits per heavy atom. The average Bonchev–Trinajstić information content (AvgIpc) is 2.21. The largest absolute Gasteiger partial charge is 0.574 e. The van der Waals surface area contributed by atoms with Gasteiger partial charge in [-0.05, 0) is 12.8 Å². The van der Waals surface area contributed by atoms with E-state index in [0.717, 1.165) is 0 Å². The molecule has 0 spiro atoms. The fraction of sp³-hybridized carbons (Fsp3) is 0.714. The zero-order valence-corrected chi connectivity index (χ0v) is 8.97. The van der Waals surface area contributed by atoms with Crippen molar-refractivity contribution in [1.29, 1.82) is 0 Å². The van der Waals surface area contributed by atoms with Gasteiger partial charge >= 0.3 is 5.97 Å². The molecule has 0 aromatic rings. The minimum Gasteiger partial charge on any atom is -0.574 e. The summed E-state index contributed by atoms with van der Waals surface area (Å²) in [6, 6.07) is -0.686. The molecule has 0 bridgehead atoms. The zero-order valence-electron chi connectivity index (χ0n) is 8.97. The van der Waals surface area contributed by atoms with Crippen molar-refractivity contribution >= 4 is 11.9 Å². The fourth-order valence-corrected chi connectivity index (χ4v) is 0.929. The molecule has 0 saturated heterocycles. The Morgan fingerprint density at radius 1 is 1.75 bits per heavy atom. The van der Waals surface area contributed by atoms with Crippen LogP contribution in [0.4, 0.5) is 0 Å². The molecule has 0 aliphatic rings. The smallest absolute Gasteiger partial charge is 0.322 e. The molecule has 9 nitrogen and oxygen atoms in total. The van der Waals surface area contributed by atoms with Crippen molar-refractivity contribution in [3.8, 4) is 0 Å². The summed E-state index contributed by atoms with van der Waals surface area (Å²) in [5, 5.41) is 17.1. The molecule has 0 heterocycles. The van der Waals surface area contributed by atoms with E-state index in [1.165, 1.54) is 7.11 Å². The van der Waals surface area contributed by atoms with E-state index in [1.807, 2.05) is 5.43 Å². The maximum atomic E-state index is 10.9. The first-order valence-corrected chi connectivity index (χ1v) is 4.60. The molecule has 0 fully saturated rings. The number of methoxy groups -OCH3 is 1. The van der Waals surface area contributed by atoms with Crippen molar-refractivity contribution in [3.05, 3.63) is 5.21 Å². The monoisotopic (exact) mass is 235 g/mol. The van der Waals surface area contributed by atoms with E-state index in [2.05, 4.69) is 9.73 Å². The number of quaternary nitrogens is 1. The first-order valence-electron chi connectivity index (χ1n) is 4.60. The number of carbonyl (C=O) groups excluding carboxylic acids is 1. The first-order chi connectivity index (χ1) is 7.47. The first kappa shape index (κ1) is 14.6. The number of guanidine groups is 1. The lowest BCUT2D eigenvalue weighted by atomic mass is 10.2. The van der Waals surface area contributed by atoms with E-state index >= 15 is 0 Å². The van der Waals surface area contributed by atoms with Crippen LogP contribution in [0.3, 0.4) is 0 Å². The van der Waals surface area contributed by atoms with E-state index in [9.17, 15) is 10.0 Å². The van der Waals surface area contributed by atoms with Gasteiger partial charge < -0.3 is 21.4 Å². The summed E-state index contributed by atoms with van der Waals surface area (Å²) in [4.78, 5) is 14.6. The molecule has 9 heteroatoms. The van der Waals surface area contributed by atoms with Gasteiger partial charge in [-0.2, -0.15) is 10.6 Å². The number of nitrogens with zero attached hydrogens (tertiary/aromatic N) is 1. The van der Waals surface area contributed by atoms with Gasteiger partial charge in [0.25, 0.3) is 0 Å². The molecule has 94 valence electrons. The van der Waals surface area contributed by atoms with Crippen LogP contribution in [0.5, 0.6) is 0 Å². The molecule has 0 aromatic heterocycles. The number of aliphatic imine (C=N–C) groups is 1.